The number of halogens is 2. The topological polar surface area (TPSA) is 30.3 Å². The van der Waals surface area contributed by atoms with Crippen LogP contribution < -0.4 is 0 Å². The molecule has 2 aliphatic carbocycles. The first kappa shape index (κ1) is 19.2. The van der Waals surface area contributed by atoms with Gasteiger partial charge in [0.15, 0.2) is 11.6 Å². The molecule has 1 aromatic carbocycles. The Labute approximate surface area is 170 Å². The molecule has 3 fully saturated rings. The van der Waals surface area contributed by atoms with Gasteiger partial charge in [-0.25, -0.2) is 8.78 Å². The average molecular weight is 402 g/mol. The van der Waals surface area contributed by atoms with Crippen molar-refractivity contribution in [2.45, 2.75) is 51.3 Å². The number of aromatic nitrogens is 2. The van der Waals surface area contributed by atoms with E-state index in [1.54, 1.807) is 6.07 Å². The van der Waals surface area contributed by atoms with Crippen molar-refractivity contribution in [3.05, 3.63) is 53.4 Å². The van der Waals surface area contributed by atoms with Crippen LogP contribution in [0.4, 0.5) is 8.78 Å². The van der Waals surface area contributed by atoms with E-state index in [4.69, 9.17) is 4.74 Å². The Morgan fingerprint density at radius 1 is 1.10 bits per heavy atom. The number of rotatable bonds is 6. The minimum atomic E-state index is -0.781. The molecule has 0 radical (unpaired) electrons. The molecule has 1 aliphatic heterocycles. The van der Waals surface area contributed by atoms with E-state index in [1.165, 1.54) is 30.5 Å². The lowest BCUT2D eigenvalue weighted by Crippen LogP contribution is -2.38. The molecule has 1 saturated heterocycles. The standard InChI is InChI=1S/C23H29F2N3O/c1-15-9-26-28(10-15)22-7-18-12-27(11-17-4-5-20(24)21(25)6-17)13-19(18)8-23(22)29-14-16-2-3-16/h4-6,9-10,16,18-19,22-23H,2-3,7-8,11-14H2,1H3/t18-,19+,22-,23-/m0/s1. The van der Waals surface area contributed by atoms with E-state index in [0.29, 0.717) is 18.4 Å². The molecular formula is C23H29F2N3O. The van der Waals surface area contributed by atoms with Gasteiger partial charge in [0.05, 0.1) is 18.3 Å². The van der Waals surface area contributed by atoms with Crippen LogP contribution >= 0.6 is 0 Å². The van der Waals surface area contributed by atoms with Crippen molar-refractivity contribution >= 4 is 0 Å². The summed E-state index contributed by atoms with van der Waals surface area (Å²) in [4.78, 5) is 2.39. The number of aryl methyl sites for hydroxylation is 1. The molecule has 2 saturated carbocycles. The fourth-order valence-corrected chi connectivity index (χ4v) is 5.13. The van der Waals surface area contributed by atoms with Crippen molar-refractivity contribution in [1.29, 1.82) is 0 Å². The van der Waals surface area contributed by atoms with Gasteiger partial charge >= 0.3 is 0 Å². The largest absolute Gasteiger partial charge is 0.376 e. The van der Waals surface area contributed by atoms with Crippen LogP contribution in [0.2, 0.25) is 0 Å². The molecule has 6 heteroatoms. The van der Waals surface area contributed by atoms with Crippen molar-refractivity contribution in [3.63, 3.8) is 0 Å². The predicted octanol–water partition coefficient (Wildman–Crippen LogP) is 4.35. The molecule has 1 aromatic heterocycles. The highest BCUT2D eigenvalue weighted by atomic mass is 19.2. The Bertz CT molecular complexity index is 866. The van der Waals surface area contributed by atoms with Crippen molar-refractivity contribution in [2.24, 2.45) is 17.8 Å². The maximum absolute atomic E-state index is 13.6. The smallest absolute Gasteiger partial charge is 0.159 e. The third-order valence-electron chi connectivity index (χ3n) is 6.86. The summed E-state index contributed by atoms with van der Waals surface area (Å²) < 4.78 is 35.3. The lowest BCUT2D eigenvalue weighted by Gasteiger charge is -2.38. The van der Waals surface area contributed by atoms with Gasteiger partial charge in [0.2, 0.25) is 0 Å². The van der Waals surface area contributed by atoms with E-state index >= 15 is 0 Å². The molecule has 3 aliphatic rings. The van der Waals surface area contributed by atoms with Crippen LogP contribution in [-0.4, -0.2) is 40.5 Å². The average Bonchev–Trinajstić information content (AvgIpc) is 3.30. The molecule has 2 aromatic rings. The summed E-state index contributed by atoms with van der Waals surface area (Å²) in [5.41, 5.74) is 2.02. The van der Waals surface area contributed by atoms with E-state index in [2.05, 4.69) is 27.8 Å². The zero-order valence-electron chi connectivity index (χ0n) is 16.9. The summed E-state index contributed by atoms with van der Waals surface area (Å²) >= 11 is 0. The Balaban J connectivity index is 1.28. The number of ether oxygens (including phenoxy) is 1. The molecule has 0 unspecified atom stereocenters. The highest BCUT2D eigenvalue weighted by Crippen LogP contribution is 2.43. The van der Waals surface area contributed by atoms with Gasteiger partial charge in [0.1, 0.15) is 0 Å². The molecule has 0 bridgehead atoms. The Hall–Kier alpha value is -1.79. The van der Waals surface area contributed by atoms with Crippen molar-refractivity contribution in [3.8, 4) is 0 Å². The first-order valence-corrected chi connectivity index (χ1v) is 10.8. The Kier molecular flexibility index (Phi) is 5.16. The first-order chi connectivity index (χ1) is 14.0. The van der Waals surface area contributed by atoms with Gasteiger partial charge in [-0.2, -0.15) is 5.10 Å². The van der Waals surface area contributed by atoms with Crippen LogP contribution in [0.5, 0.6) is 0 Å². The molecule has 156 valence electrons. The van der Waals surface area contributed by atoms with E-state index in [1.807, 2.05) is 6.20 Å². The number of likely N-dealkylation sites (tertiary alicyclic amines) is 1. The Morgan fingerprint density at radius 2 is 1.90 bits per heavy atom. The maximum atomic E-state index is 13.6. The summed E-state index contributed by atoms with van der Waals surface area (Å²) in [6, 6.07) is 4.53. The molecule has 4 atom stereocenters. The second-order valence-corrected chi connectivity index (χ2v) is 9.31. The van der Waals surface area contributed by atoms with E-state index < -0.39 is 11.6 Å². The van der Waals surface area contributed by atoms with Crippen LogP contribution in [-0.2, 0) is 11.3 Å². The first-order valence-electron chi connectivity index (χ1n) is 10.8. The number of fused-ring (bicyclic) bond motifs is 1. The molecular weight excluding hydrogens is 372 g/mol. The molecule has 5 rings (SSSR count). The highest BCUT2D eigenvalue weighted by molar-refractivity contribution is 5.18. The minimum Gasteiger partial charge on any atom is -0.376 e. The van der Waals surface area contributed by atoms with Crippen LogP contribution in [0.3, 0.4) is 0 Å². The summed E-state index contributed by atoms with van der Waals surface area (Å²) in [5.74, 6) is 0.396. The van der Waals surface area contributed by atoms with Gasteiger partial charge < -0.3 is 4.74 Å². The van der Waals surface area contributed by atoms with E-state index in [-0.39, 0.29) is 12.1 Å². The fourth-order valence-electron chi connectivity index (χ4n) is 5.13. The third-order valence-corrected chi connectivity index (χ3v) is 6.86. The maximum Gasteiger partial charge on any atom is 0.159 e. The normalized spacial score (nSPS) is 29.9. The molecule has 0 spiro atoms. The highest BCUT2D eigenvalue weighted by Gasteiger charge is 2.44. The number of hydrogen-bond donors (Lipinski definition) is 0. The second-order valence-electron chi connectivity index (χ2n) is 9.31. The van der Waals surface area contributed by atoms with Crippen molar-refractivity contribution in [1.82, 2.24) is 14.7 Å². The van der Waals surface area contributed by atoms with Crippen LogP contribution in [0.15, 0.2) is 30.6 Å². The monoisotopic (exact) mass is 401 g/mol. The van der Waals surface area contributed by atoms with Gasteiger partial charge in [0.25, 0.3) is 0 Å². The summed E-state index contributed by atoms with van der Waals surface area (Å²) in [6.45, 7) is 5.61. The number of benzene rings is 1. The lowest BCUT2D eigenvalue weighted by atomic mass is 9.77. The molecule has 29 heavy (non-hydrogen) atoms. The van der Waals surface area contributed by atoms with Gasteiger partial charge in [-0.1, -0.05) is 6.07 Å². The molecule has 0 N–H and O–H groups in total. The third kappa shape index (κ3) is 4.24. The molecule has 4 nitrogen and oxygen atoms in total. The van der Waals surface area contributed by atoms with Gasteiger partial charge in [-0.05, 0) is 73.6 Å². The minimum absolute atomic E-state index is 0.208. The van der Waals surface area contributed by atoms with Crippen molar-refractivity contribution in [2.75, 3.05) is 19.7 Å². The zero-order chi connectivity index (χ0) is 20.0. The molecule has 2 heterocycles. The van der Waals surface area contributed by atoms with Crippen molar-refractivity contribution < 1.29 is 13.5 Å². The quantitative estimate of drug-likeness (QED) is 0.721. The second kappa shape index (κ2) is 7.80. The fraction of sp³-hybridized carbons (Fsp3) is 0.609. The predicted molar refractivity (Wildman–Crippen MR) is 106 cm³/mol. The van der Waals surface area contributed by atoms with E-state index in [9.17, 15) is 8.78 Å². The summed E-state index contributed by atoms with van der Waals surface area (Å²) in [6.07, 6.45) is 8.98. The van der Waals surface area contributed by atoms with Gasteiger partial charge in [-0.15, -0.1) is 0 Å². The van der Waals surface area contributed by atoms with Gasteiger partial charge in [0, 0.05) is 32.4 Å². The molecule has 0 amide bonds. The summed E-state index contributed by atoms with van der Waals surface area (Å²) in [5, 5.41) is 4.60. The number of nitrogens with zero attached hydrogens (tertiary/aromatic N) is 3. The SMILES string of the molecule is Cc1cnn([C@H]2C[C@H]3CN(Cc4ccc(F)c(F)c4)C[C@H]3C[C@@H]2OCC2CC2)c1. The zero-order valence-corrected chi connectivity index (χ0v) is 16.9. The van der Waals surface area contributed by atoms with Crippen LogP contribution in [0.1, 0.15) is 42.9 Å². The number of hydrogen-bond acceptors (Lipinski definition) is 3. The van der Waals surface area contributed by atoms with Gasteiger partial charge in [-0.3, -0.25) is 9.58 Å². The van der Waals surface area contributed by atoms with E-state index in [0.717, 1.165) is 44.0 Å². The Morgan fingerprint density at radius 3 is 2.59 bits per heavy atom. The van der Waals surface area contributed by atoms with Crippen LogP contribution in [0.25, 0.3) is 0 Å². The lowest BCUT2D eigenvalue weighted by molar-refractivity contribution is -0.0371. The van der Waals surface area contributed by atoms with Crippen LogP contribution in [0, 0.1) is 36.3 Å². The summed E-state index contributed by atoms with van der Waals surface area (Å²) in [7, 11) is 0.